The minimum Gasteiger partial charge on any atom is -0.350 e. The Labute approximate surface area is 185 Å². The third kappa shape index (κ3) is 5.20. The number of hydrogen-bond acceptors (Lipinski definition) is 3. The van der Waals surface area contributed by atoms with E-state index in [0.717, 1.165) is 5.56 Å². The molecule has 0 aliphatic rings. The van der Waals surface area contributed by atoms with Crippen molar-refractivity contribution in [2.24, 2.45) is 0 Å². The summed E-state index contributed by atoms with van der Waals surface area (Å²) in [6.45, 7) is 4.73. The molecule has 0 spiro atoms. The monoisotopic (exact) mass is 444 g/mol. The van der Waals surface area contributed by atoms with Crippen molar-refractivity contribution in [2.45, 2.75) is 20.4 Å². The molecule has 0 radical (unpaired) electrons. The third-order valence-electron chi connectivity index (χ3n) is 4.56. The van der Waals surface area contributed by atoms with E-state index in [1.165, 1.54) is 5.56 Å². The molecule has 156 valence electrons. The Bertz CT molecular complexity index is 1060. The molecule has 0 fully saturated rings. The molecule has 30 heavy (non-hydrogen) atoms. The van der Waals surface area contributed by atoms with Gasteiger partial charge in [-0.3, -0.25) is 9.59 Å². The summed E-state index contributed by atoms with van der Waals surface area (Å²) in [5.74, 6) is -0.630. The first kappa shape index (κ1) is 21.9. The number of amides is 2. The highest BCUT2D eigenvalue weighted by molar-refractivity contribution is 6.34. The lowest BCUT2D eigenvalue weighted by Gasteiger charge is -2.08. The number of nitrogens with zero attached hydrogens (tertiary/aromatic N) is 2. The number of rotatable bonds is 7. The summed E-state index contributed by atoms with van der Waals surface area (Å²) in [5, 5.41) is 10.5. The second kappa shape index (κ2) is 9.78. The van der Waals surface area contributed by atoms with Crippen molar-refractivity contribution in [3.63, 3.8) is 0 Å². The molecule has 2 aromatic carbocycles. The molecule has 0 unspecified atom stereocenters. The van der Waals surface area contributed by atoms with Crippen molar-refractivity contribution in [1.82, 2.24) is 20.4 Å². The largest absolute Gasteiger partial charge is 0.350 e. The maximum absolute atomic E-state index is 12.6. The van der Waals surface area contributed by atoms with Gasteiger partial charge in [0.15, 0.2) is 0 Å². The van der Waals surface area contributed by atoms with Crippen LogP contribution in [0.1, 0.15) is 37.5 Å². The van der Waals surface area contributed by atoms with E-state index in [1.807, 2.05) is 31.2 Å². The van der Waals surface area contributed by atoms with Crippen molar-refractivity contribution in [3.8, 4) is 0 Å². The first-order chi connectivity index (χ1) is 14.4. The fourth-order valence-corrected chi connectivity index (χ4v) is 3.51. The number of carbonyl (C=O) groups is 2. The molecule has 3 rings (SSSR count). The number of benzene rings is 2. The Morgan fingerprint density at radius 1 is 0.933 bits per heavy atom. The average molecular weight is 445 g/mol. The molecule has 6 nitrogen and oxygen atoms in total. The van der Waals surface area contributed by atoms with Crippen LogP contribution in [0.5, 0.6) is 0 Å². The Balaban J connectivity index is 1.56. The second-order valence-corrected chi connectivity index (χ2v) is 7.65. The summed E-state index contributed by atoms with van der Waals surface area (Å²) in [6, 6.07) is 14.8. The van der Waals surface area contributed by atoms with Crippen LogP contribution in [0.25, 0.3) is 0 Å². The predicted molar refractivity (Wildman–Crippen MR) is 118 cm³/mol. The predicted octanol–water partition coefficient (Wildman–Crippen LogP) is 4.01. The Kier molecular flexibility index (Phi) is 7.13. The average Bonchev–Trinajstić information content (AvgIpc) is 3.00. The lowest BCUT2D eigenvalue weighted by atomic mass is 10.1. The number of carbonyl (C=O) groups excluding carboxylic acids is 2. The van der Waals surface area contributed by atoms with Crippen molar-refractivity contribution < 1.29 is 9.59 Å². The zero-order valence-corrected chi connectivity index (χ0v) is 18.2. The van der Waals surface area contributed by atoms with E-state index in [1.54, 1.807) is 35.9 Å². The van der Waals surface area contributed by atoms with E-state index in [4.69, 9.17) is 23.2 Å². The first-order valence-electron chi connectivity index (χ1n) is 9.46. The van der Waals surface area contributed by atoms with Crippen LogP contribution in [-0.4, -0.2) is 34.7 Å². The van der Waals surface area contributed by atoms with Crippen LogP contribution in [0.3, 0.4) is 0 Å². The fourth-order valence-electron chi connectivity index (χ4n) is 2.96. The fraction of sp³-hybridized carbons (Fsp3) is 0.227. The molecule has 2 N–H and O–H groups in total. The molecule has 1 aromatic heterocycles. The van der Waals surface area contributed by atoms with Crippen LogP contribution in [0, 0.1) is 13.8 Å². The van der Waals surface area contributed by atoms with Gasteiger partial charge in [0, 0.05) is 13.1 Å². The van der Waals surface area contributed by atoms with E-state index < -0.39 is 0 Å². The van der Waals surface area contributed by atoms with E-state index >= 15 is 0 Å². The zero-order valence-electron chi connectivity index (χ0n) is 16.7. The lowest BCUT2D eigenvalue weighted by molar-refractivity contribution is 0.0927. The summed E-state index contributed by atoms with van der Waals surface area (Å²) in [7, 11) is 0. The quantitative estimate of drug-likeness (QED) is 0.540. The van der Waals surface area contributed by atoms with E-state index in [-0.39, 0.29) is 30.1 Å². The summed E-state index contributed by atoms with van der Waals surface area (Å²) in [6.07, 6.45) is 0. The summed E-state index contributed by atoms with van der Waals surface area (Å²) >= 11 is 12.4. The van der Waals surface area contributed by atoms with Gasteiger partial charge in [0.2, 0.25) is 0 Å². The number of aryl methyl sites for hydroxylation is 2. The highest BCUT2D eigenvalue weighted by Gasteiger charge is 2.20. The molecule has 0 saturated heterocycles. The second-order valence-electron chi connectivity index (χ2n) is 6.89. The molecule has 0 atom stereocenters. The standard InChI is InChI=1S/C22H22Cl2N4O2/c1-14-7-9-16(10-8-14)13-28-20(24)19(15(2)27-28)22(30)26-12-11-25-21(29)17-5-3-4-6-18(17)23/h3-10H,11-13H2,1-2H3,(H,25,29)(H,26,30). The molecule has 8 heteroatoms. The smallest absolute Gasteiger partial charge is 0.256 e. The normalized spacial score (nSPS) is 10.7. The van der Waals surface area contributed by atoms with Gasteiger partial charge in [-0.2, -0.15) is 5.10 Å². The minimum atomic E-state index is -0.334. The molecule has 0 aliphatic carbocycles. The van der Waals surface area contributed by atoms with Crippen LogP contribution in [-0.2, 0) is 6.54 Å². The Morgan fingerprint density at radius 2 is 1.57 bits per heavy atom. The highest BCUT2D eigenvalue weighted by atomic mass is 35.5. The van der Waals surface area contributed by atoms with Crippen molar-refractivity contribution in [2.75, 3.05) is 13.1 Å². The number of nitrogens with one attached hydrogen (secondary N) is 2. The maximum Gasteiger partial charge on any atom is 0.256 e. The Hall–Kier alpha value is -2.83. The van der Waals surface area contributed by atoms with Gasteiger partial charge >= 0.3 is 0 Å². The van der Waals surface area contributed by atoms with E-state index in [0.29, 0.717) is 28.4 Å². The molecule has 1 heterocycles. The molecule has 2 amide bonds. The van der Waals surface area contributed by atoms with Crippen LogP contribution >= 0.6 is 23.2 Å². The van der Waals surface area contributed by atoms with Gasteiger partial charge in [-0.25, -0.2) is 4.68 Å². The molecular formula is C22H22Cl2N4O2. The number of halogens is 2. The van der Waals surface area contributed by atoms with Crippen molar-refractivity contribution in [3.05, 3.63) is 86.7 Å². The van der Waals surface area contributed by atoms with Gasteiger partial charge in [-0.05, 0) is 31.5 Å². The third-order valence-corrected chi connectivity index (χ3v) is 5.27. The molecular weight excluding hydrogens is 423 g/mol. The molecule has 0 aliphatic heterocycles. The summed E-state index contributed by atoms with van der Waals surface area (Å²) in [5.41, 5.74) is 3.48. The Morgan fingerprint density at radius 3 is 2.23 bits per heavy atom. The summed E-state index contributed by atoms with van der Waals surface area (Å²) in [4.78, 5) is 24.7. The van der Waals surface area contributed by atoms with Gasteiger partial charge in [0.05, 0.1) is 28.4 Å². The highest BCUT2D eigenvalue weighted by Crippen LogP contribution is 2.21. The van der Waals surface area contributed by atoms with Crippen LogP contribution in [0.4, 0.5) is 0 Å². The zero-order chi connectivity index (χ0) is 21.7. The van der Waals surface area contributed by atoms with Gasteiger partial charge < -0.3 is 10.6 Å². The van der Waals surface area contributed by atoms with Gasteiger partial charge in [0.1, 0.15) is 5.15 Å². The van der Waals surface area contributed by atoms with Gasteiger partial charge in [-0.1, -0.05) is 65.2 Å². The molecule has 0 bridgehead atoms. The van der Waals surface area contributed by atoms with Crippen LogP contribution < -0.4 is 10.6 Å². The minimum absolute atomic E-state index is 0.244. The molecule has 3 aromatic rings. The van der Waals surface area contributed by atoms with Crippen molar-refractivity contribution >= 4 is 35.0 Å². The van der Waals surface area contributed by atoms with Crippen molar-refractivity contribution in [1.29, 1.82) is 0 Å². The lowest BCUT2D eigenvalue weighted by Crippen LogP contribution is -2.35. The number of aromatic nitrogens is 2. The van der Waals surface area contributed by atoms with E-state index in [2.05, 4.69) is 15.7 Å². The maximum atomic E-state index is 12.6. The first-order valence-corrected chi connectivity index (χ1v) is 10.2. The number of hydrogen-bond donors (Lipinski definition) is 2. The van der Waals surface area contributed by atoms with Gasteiger partial charge in [0.25, 0.3) is 11.8 Å². The SMILES string of the molecule is Cc1ccc(Cn2nc(C)c(C(=O)NCCNC(=O)c3ccccc3Cl)c2Cl)cc1. The van der Waals surface area contributed by atoms with Gasteiger partial charge in [-0.15, -0.1) is 0 Å². The van der Waals surface area contributed by atoms with Crippen LogP contribution in [0.15, 0.2) is 48.5 Å². The summed E-state index contributed by atoms with van der Waals surface area (Å²) < 4.78 is 1.61. The molecule has 0 saturated carbocycles. The van der Waals surface area contributed by atoms with Crippen LogP contribution in [0.2, 0.25) is 10.2 Å². The van der Waals surface area contributed by atoms with E-state index in [9.17, 15) is 9.59 Å². The topological polar surface area (TPSA) is 76.0 Å².